The van der Waals surface area contributed by atoms with Crippen molar-refractivity contribution in [1.82, 2.24) is 15.6 Å². The van der Waals surface area contributed by atoms with Gasteiger partial charge in [-0.25, -0.2) is 4.98 Å². The summed E-state index contributed by atoms with van der Waals surface area (Å²) in [5.74, 6) is 1.24. The first-order chi connectivity index (χ1) is 12.7. The van der Waals surface area contributed by atoms with E-state index in [1.165, 1.54) is 6.20 Å². The zero-order chi connectivity index (χ0) is 18.2. The fraction of sp³-hybridized carbons (Fsp3) is 0.350. The molecule has 2 amide bonds. The van der Waals surface area contributed by atoms with Gasteiger partial charge in [0.15, 0.2) is 0 Å². The van der Waals surface area contributed by atoms with Gasteiger partial charge in [-0.1, -0.05) is 31.0 Å². The fourth-order valence-corrected chi connectivity index (χ4v) is 2.98. The molecule has 0 aliphatic heterocycles. The van der Waals surface area contributed by atoms with Crippen molar-refractivity contribution < 1.29 is 14.3 Å². The first-order valence-corrected chi connectivity index (χ1v) is 8.97. The highest BCUT2D eigenvalue weighted by molar-refractivity contribution is 5.92. The standard InChI is InChI=1S/C20H23N3O3/c24-19(15-6-4-5-7-15)21-12-13-22-20(25)18-11-10-17(14-23-18)26-16-8-2-1-3-9-16/h1-3,8-11,14-15H,4-7,12-13H2,(H,21,24)(H,22,25). The highest BCUT2D eigenvalue weighted by Crippen LogP contribution is 2.24. The zero-order valence-corrected chi connectivity index (χ0v) is 14.6. The molecule has 26 heavy (non-hydrogen) atoms. The fourth-order valence-electron chi connectivity index (χ4n) is 2.98. The van der Waals surface area contributed by atoms with Crippen molar-refractivity contribution in [3.8, 4) is 11.5 Å². The first-order valence-electron chi connectivity index (χ1n) is 8.97. The lowest BCUT2D eigenvalue weighted by Crippen LogP contribution is -2.37. The van der Waals surface area contributed by atoms with Gasteiger partial charge >= 0.3 is 0 Å². The van der Waals surface area contributed by atoms with Gasteiger partial charge in [0, 0.05) is 19.0 Å². The Balaban J connectivity index is 1.41. The van der Waals surface area contributed by atoms with Gasteiger partial charge in [0.05, 0.1) is 6.20 Å². The molecule has 0 radical (unpaired) electrons. The van der Waals surface area contributed by atoms with Crippen LogP contribution in [0.5, 0.6) is 11.5 Å². The van der Waals surface area contributed by atoms with Crippen LogP contribution in [0.3, 0.4) is 0 Å². The van der Waals surface area contributed by atoms with E-state index in [9.17, 15) is 9.59 Å². The number of nitrogens with one attached hydrogen (secondary N) is 2. The number of nitrogens with zero attached hydrogens (tertiary/aromatic N) is 1. The summed E-state index contributed by atoms with van der Waals surface area (Å²) in [5.41, 5.74) is 0.313. The van der Waals surface area contributed by atoms with Crippen LogP contribution in [0.1, 0.15) is 36.2 Å². The second kappa shape index (κ2) is 8.99. The predicted octanol–water partition coefficient (Wildman–Crippen LogP) is 2.91. The van der Waals surface area contributed by atoms with Gasteiger partial charge in [-0.3, -0.25) is 9.59 Å². The number of hydrogen-bond donors (Lipinski definition) is 2. The number of carbonyl (C=O) groups excluding carboxylic acids is 2. The summed E-state index contributed by atoms with van der Waals surface area (Å²) in [6.07, 6.45) is 5.72. The molecular weight excluding hydrogens is 330 g/mol. The van der Waals surface area contributed by atoms with Crippen LogP contribution >= 0.6 is 0 Å². The molecule has 1 aliphatic carbocycles. The van der Waals surface area contributed by atoms with E-state index >= 15 is 0 Å². The molecule has 2 N–H and O–H groups in total. The molecule has 1 aromatic heterocycles. The maximum Gasteiger partial charge on any atom is 0.269 e. The van der Waals surface area contributed by atoms with Crippen LogP contribution in [0.25, 0.3) is 0 Å². The summed E-state index contributed by atoms with van der Waals surface area (Å²) < 4.78 is 5.64. The second-order valence-corrected chi connectivity index (χ2v) is 6.32. The lowest BCUT2D eigenvalue weighted by atomic mass is 10.1. The molecule has 6 nitrogen and oxygen atoms in total. The average molecular weight is 353 g/mol. The minimum Gasteiger partial charge on any atom is -0.456 e. The van der Waals surface area contributed by atoms with Crippen LogP contribution in [0.15, 0.2) is 48.7 Å². The van der Waals surface area contributed by atoms with Crippen molar-refractivity contribution in [2.75, 3.05) is 13.1 Å². The Hall–Kier alpha value is -2.89. The number of para-hydroxylation sites is 1. The van der Waals surface area contributed by atoms with E-state index < -0.39 is 0 Å². The normalized spacial score (nSPS) is 14.0. The van der Waals surface area contributed by atoms with Gasteiger partial charge in [0.1, 0.15) is 17.2 Å². The minimum absolute atomic E-state index is 0.0947. The maximum absolute atomic E-state index is 12.1. The van der Waals surface area contributed by atoms with Gasteiger partial charge in [-0.15, -0.1) is 0 Å². The molecule has 1 aliphatic rings. The molecule has 2 aromatic rings. The number of benzene rings is 1. The summed E-state index contributed by atoms with van der Waals surface area (Å²) in [5, 5.41) is 5.63. The molecule has 1 heterocycles. The van der Waals surface area contributed by atoms with Gasteiger partial charge in [0.2, 0.25) is 5.91 Å². The number of aromatic nitrogens is 1. The SMILES string of the molecule is O=C(NCCNC(=O)C1CCCC1)c1ccc(Oc2ccccc2)cn1. The van der Waals surface area contributed by atoms with Gasteiger partial charge in [-0.05, 0) is 37.1 Å². The molecule has 0 saturated heterocycles. The Morgan fingerprint density at radius 3 is 2.38 bits per heavy atom. The molecule has 1 aromatic carbocycles. The number of ether oxygens (including phenoxy) is 1. The summed E-state index contributed by atoms with van der Waals surface area (Å²) in [6.45, 7) is 0.803. The van der Waals surface area contributed by atoms with E-state index in [2.05, 4.69) is 15.6 Å². The van der Waals surface area contributed by atoms with Crippen LogP contribution in [0.4, 0.5) is 0 Å². The molecule has 0 unspecified atom stereocenters. The molecule has 136 valence electrons. The van der Waals surface area contributed by atoms with Crippen molar-refractivity contribution in [2.24, 2.45) is 5.92 Å². The smallest absolute Gasteiger partial charge is 0.269 e. The third-order valence-electron chi connectivity index (χ3n) is 4.38. The van der Waals surface area contributed by atoms with Crippen molar-refractivity contribution in [2.45, 2.75) is 25.7 Å². The van der Waals surface area contributed by atoms with Crippen LogP contribution in [-0.2, 0) is 4.79 Å². The summed E-state index contributed by atoms with van der Waals surface area (Å²) >= 11 is 0. The number of carbonyl (C=O) groups is 2. The molecule has 1 fully saturated rings. The summed E-state index contributed by atoms with van der Waals surface area (Å²) in [4.78, 5) is 28.1. The van der Waals surface area contributed by atoms with Crippen LogP contribution in [0, 0.1) is 5.92 Å². The highest BCUT2D eigenvalue weighted by Gasteiger charge is 2.21. The topological polar surface area (TPSA) is 80.3 Å². The van der Waals surface area contributed by atoms with E-state index in [1.807, 2.05) is 30.3 Å². The molecule has 1 saturated carbocycles. The Kier molecular flexibility index (Phi) is 6.19. The summed E-state index contributed by atoms with van der Waals surface area (Å²) in [6, 6.07) is 12.7. The zero-order valence-electron chi connectivity index (χ0n) is 14.6. The quantitative estimate of drug-likeness (QED) is 0.750. The van der Waals surface area contributed by atoms with E-state index in [-0.39, 0.29) is 17.7 Å². The summed E-state index contributed by atoms with van der Waals surface area (Å²) in [7, 11) is 0. The maximum atomic E-state index is 12.1. The molecule has 0 spiro atoms. The van der Waals surface area contributed by atoms with E-state index in [0.29, 0.717) is 30.3 Å². The lowest BCUT2D eigenvalue weighted by molar-refractivity contribution is -0.124. The molecule has 6 heteroatoms. The first kappa shape index (κ1) is 17.9. The van der Waals surface area contributed by atoms with Crippen molar-refractivity contribution in [1.29, 1.82) is 0 Å². The van der Waals surface area contributed by atoms with E-state index in [1.54, 1.807) is 12.1 Å². The molecule has 0 bridgehead atoms. The predicted molar refractivity (Wildman–Crippen MR) is 98.1 cm³/mol. The van der Waals surface area contributed by atoms with Gasteiger partial charge in [-0.2, -0.15) is 0 Å². The lowest BCUT2D eigenvalue weighted by Gasteiger charge is -2.11. The Labute approximate surface area is 153 Å². The third kappa shape index (κ3) is 5.05. The monoisotopic (exact) mass is 353 g/mol. The second-order valence-electron chi connectivity index (χ2n) is 6.32. The Morgan fingerprint density at radius 1 is 0.962 bits per heavy atom. The largest absolute Gasteiger partial charge is 0.456 e. The Bertz CT molecular complexity index is 726. The van der Waals surface area contributed by atoms with Crippen molar-refractivity contribution in [3.05, 3.63) is 54.4 Å². The molecule has 3 rings (SSSR count). The molecule has 0 atom stereocenters. The Morgan fingerprint density at radius 2 is 1.69 bits per heavy atom. The van der Waals surface area contributed by atoms with Crippen LogP contribution < -0.4 is 15.4 Å². The van der Waals surface area contributed by atoms with Crippen LogP contribution in [0.2, 0.25) is 0 Å². The third-order valence-corrected chi connectivity index (χ3v) is 4.38. The number of pyridine rings is 1. The average Bonchev–Trinajstić information content (AvgIpc) is 3.21. The van der Waals surface area contributed by atoms with E-state index in [4.69, 9.17) is 4.74 Å². The van der Waals surface area contributed by atoms with Crippen molar-refractivity contribution in [3.63, 3.8) is 0 Å². The van der Waals surface area contributed by atoms with Crippen LogP contribution in [-0.4, -0.2) is 29.9 Å². The van der Waals surface area contributed by atoms with E-state index in [0.717, 1.165) is 25.7 Å². The number of amides is 2. The van der Waals surface area contributed by atoms with Crippen molar-refractivity contribution >= 4 is 11.8 Å². The molecular formula is C20H23N3O3. The van der Waals surface area contributed by atoms with Gasteiger partial charge < -0.3 is 15.4 Å². The minimum atomic E-state index is -0.272. The highest BCUT2D eigenvalue weighted by atomic mass is 16.5. The number of rotatable bonds is 7. The van der Waals surface area contributed by atoms with Gasteiger partial charge in [0.25, 0.3) is 5.91 Å². The number of hydrogen-bond acceptors (Lipinski definition) is 4.